The van der Waals surface area contributed by atoms with E-state index >= 15 is 0 Å². The summed E-state index contributed by atoms with van der Waals surface area (Å²) >= 11 is 0. The number of hydrogen-bond donors (Lipinski definition) is 0. The predicted molar refractivity (Wildman–Crippen MR) is 112 cm³/mol. The number of rotatable bonds is 3. The van der Waals surface area contributed by atoms with Crippen LogP contribution in [0.5, 0.6) is 0 Å². The first-order valence-corrected chi connectivity index (χ1v) is 11.2. The van der Waals surface area contributed by atoms with Crippen molar-refractivity contribution in [2.24, 2.45) is 40.9 Å². The molecule has 1 saturated heterocycles. The molecule has 8 unspecified atom stereocenters. The Kier molecular flexibility index (Phi) is 5.75. The highest BCUT2D eigenvalue weighted by Gasteiger charge is 2.62. The van der Waals surface area contributed by atoms with Crippen LogP contribution in [0.15, 0.2) is 36.6 Å². The van der Waals surface area contributed by atoms with E-state index in [1.165, 1.54) is 38.5 Å². The maximum absolute atomic E-state index is 6.39. The van der Waals surface area contributed by atoms with Gasteiger partial charge in [0.25, 0.3) is 0 Å². The maximum atomic E-state index is 6.39. The minimum Gasteiger partial charge on any atom is -0.491 e. The molecule has 1 nitrogen and oxygen atoms in total. The van der Waals surface area contributed by atoms with E-state index in [4.69, 9.17) is 4.74 Å². The molecule has 0 aromatic heterocycles. The third kappa shape index (κ3) is 2.81. The van der Waals surface area contributed by atoms with Crippen molar-refractivity contribution in [3.8, 4) is 0 Å². The van der Waals surface area contributed by atoms with Gasteiger partial charge in [-0.1, -0.05) is 59.3 Å². The lowest BCUT2D eigenvalue weighted by Crippen LogP contribution is -2.55. The molecule has 4 rings (SSSR count). The van der Waals surface area contributed by atoms with Crippen LogP contribution in [0.1, 0.15) is 73.1 Å². The highest BCUT2D eigenvalue weighted by atomic mass is 16.5. The van der Waals surface area contributed by atoms with E-state index in [1.54, 1.807) is 5.57 Å². The van der Waals surface area contributed by atoms with Crippen LogP contribution in [-0.2, 0) is 4.74 Å². The first-order chi connectivity index (χ1) is 12.5. The van der Waals surface area contributed by atoms with E-state index in [0.29, 0.717) is 23.2 Å². The summed E-state index contributed by atoms with van der Waals surface area (Å²) in [6.07, 6.45) is 12.8. The van der Waals surface area contributed by atoms with E-state index in [1.807, 2.05) is 13.8 Å². The molecule has 4 aliphatic rings. The third-order valence-corrected chi connectivity index (χ3v) is 8.24. The Morgan fingerprint density at radius 2 is 2.04 bits per heavy atom. The van der Waals surface area contributed by atoms with Crippen molar-refractivity contribution in [2.75, 3.05) is 0 Å². The highest BCUT2D eigenvalue weighted by Crippen LogP contribution is 2.66. The number of fused-ring (bicyclic) bond motifs is 2. The average Bonchev–Trinajstić information content (AvgIpc) is 2.98. The van der Waals surface area contributed by atoms with Gasteiger partial charge in [-0.15, -0.1) is 6.58 Å². The lowest BCUT2D eigenvalue weighted by Gasteiger charge is -2.58. The zero-order chi connectivity index (χ0) is 19.1. The molecule has 2 saturated carbocycles. The molecule has 26 heavy (non-hydrogen) atoms. The quantitative estimate of drug-likeness (QED) is 0.487. The Labute approximate surface area is 162 Å². The summed E-state index contributed by atoms with van der Waals surface area (Å²) in [4.78, 5) is 0. The Bertz CT molecular complexity index is 573. The molecule has 0 bridgehead atoms. The van der Waals surface area contributed by atoms with E-state index in [0.717, 1.165) is 23.5 Å². The smallest absolute Gasteiger partial charge is 0.121 e. The van der Waals surface area contributed by atoms with Crippen LogP contribution in [0.25, 0.3) is 0 Å². The van der Waals surface area contributed by atoms with Crippen molar-refractivity contribution in [1.29, 1.82) is 0 Å². The van der Waals surface area contributed by atoms with Gasteiger partial charge in [-0.3, -0.25) is 0 Å². The molecule has 1 heterocycles. The van der Waals surface area contributed by atoms with Gasteiger partial charge in [0.05, 0.1) is 5.76 Å². The molecule has 0 amide bonds. The topological polar surface area (TPSA) is 9.23 Å². The lowest BCUT2D eigenvalue weighted by molar-refractivity contribution is -0.0730. The van der Waals surface area contributed by atoms with Gasteiger partial charge >= 0.3 is 0 Å². The Hall–Kier alpha value is -0.980. The van der Waals surface area contributed by atoms with E-state index in [9.17, 15) is 0 Å². The van der Waals surface area contributed by atoms with Crippen LogP contribution < -0.4 is 0 Å². The number of hydrogen-bond acceptors (Lipinski definition) is 1. The number of ether oxygens (including phenoxy) is 1. The SMILES string of the molecule is C=CC1CCC2C(=CC3OC(=C)C4C(CCC)CC(C)C2(C)C34)C1.CC. The monoisotopic (exact) mass is 356 g/mol. The van der Waals surface area contributed by atoms with Gasteiger partial charge in [0, 0.05) is 11.8 Å². The van der Waals surface area contributed by atoms with Crippen molar-refractivity contribution in [2.45, 2.75) is 79.2 Å². The second-order valence-electron chi connectivity index (χ2n) is 9.22. The first kappa shape index (κ1) is 19.8. The van der Waals surface area contributed by atoms with Gasteiger partial charge in [0.1, 0.15) is 6.10 Å². The summed E-state index contributed by atoms with van der Waals surface area (Å²) in [6.45, 7) is 19.9. The van der Waals surface area contributed by atoms with Crippen molar-refractivity contribution in [3.05, 3.63) is 36.6 Å². The molecule has 0 aromatic rings. The van der Waals surface area contributed by atoms with Crippen LogP contribution in [0.3, 0.4) is 0 Å². The largest absolute Gasteiger partial charge is 0.491 e. The van der Waals surface area contributed by atoms with Gasteiger partial charge in [-0.2, -0.15) is 0 Å². The molecule has 1 heteroatoms. The summed E-state index contributed by atoms with van der Waals surface area (Å²) in [5, 5.41) is 0. The van der Waals surface area contributed by atoms with E-state index < -0.39 is 0 Å². The third-order valence-electron chi connectivity index (χ3n) is 8.24. The maximum Gasteiger partial charge on any atom is 0.121 e. The normalized spacial score (nSPS) is 46.1. The molecule has 146 valence electrons. The molecule has 0 aromatic carbocycles. The van der Waals surface area contributed by atoms with Crippen LogP contribution in [0.2, 0.25) is 0 Å². The van der Waals surface area contributed by atoms with Crippen molar-refractivity contribution < 1.29 is 4.74 Å². The summed E-state index contributed by atoms with van der Waals surface area (Å²) in [7, 11) is 0. The first-order valence-electron chi connectivity index (χ1n) is 11.2. The summed E-state index contributed by atoms with van der Waals surface area (Å²) in [5.41, 5.74) is 2.05. The second kappa shape index (κ2) is 7.56. The predicted octanol–water partition coefficient (Wildman–Crippen LogP) is 7.16. The average molecular weight is 357 g/mol. The van der Waals surface area contributed by atoms with Crippen molar-refractivity contribution >= 4 is 0 Å². The fraction of sp³-hybridized carbons (Fsp3) is 0.760. The van der Waals surface area contributed by atoms with E-state index in [-0.39, 0.29) is 6.10 Å². The molecule has 3 aliphatic carbocycles. The highest BCUT2D eigenvalue weighted by molar-refractivity contribution is 5.30. The van der Waals surface area contributed by atoms with Gasteiger partial charge in [0.15, 0.2) is 0 Å². The van der Waals surface area contributed by atoms with Crippen molar-refractivity contribution in [3.63, 3.8) is 0 Å². The molecule has 3 fully saturated rings. The summed E-state index contributed by atoms with van der Waals surface area (Å²) < 4.78 is 6.39. The molecular weight excluding hydrogens is 316 g/mol. The molecule has 0 N–H and O–H groups in total. The minimum atomic E-state index is 0.282. The fourth-order valence-electron chi connectivity index (χ4n) is 7.01. The summed E-state index contributed by atoms with van der Waals surface area (Å²) in [5.74, 6) is 5.31. The van der Waals surface area contributed by atoms with Gasteiger partial charge in [0.2, 0.25) is 0 Å². The van der Waals surface area contributed by atoms with Crippen LogP contribution in [0.4, 0.5) is 0 Å². The molecular formula is C25H40O. The second-order valence-corrected chi connectivity index (χ2v) is 9.22. The molecule has 0 radical (unpaired) electrons. The van der Waals surface area contributed by atoms with Gasteiger partial charge in [-0.05, 0) is 67.3 Å². The van der Waals surface area contributed by atoms with Crippen LogP contribution in [-0.4, -0.2) is 6.10 Å². The zero-order valence-corrected chi connectivity index (χ0v) is 17.8. The molecule has 0 spiro atoms. The standard InChI is InChI=1S/C23H34O.C2H6/c1-6-8-17-11-14(3)23(5)19-10-9-16(7-2)12-18(19)13-20-22(23)21(17)15(4)24-20;1-2/h7,13-14,16-17,19-22H,2,4,6,8-12H2,1,3,5H3;1-2H3. The summed E-state index contributed by atoms with van der Waals surface area (Å²) in [6, 6.07) is 0. The Morgan fingerprint density at radius 1 is 1.31 bits per heavy atom. The fourth-order valence-corrected chi connectivity index (χ4v) is 7.01. The Morgan fingerprint density at radius 3 is 2.69 bits per heavy atom. The molecule has 8 atom stereocenters. The van der Waals surface area contributed by atoms with Gasteiger partial charge < -0.3 is 4.74 Å². The lowest BCUT2D eigenvalue weighted by atomic mass is 9.44. The van der Waals surface area contributed by atoms with E-state index in [2.05, 4.69) is 46.1 Å². The van der Waals surface area contributed by atoms with Gasteiger partial charge in [-0.25, -0.2) is 0 Å². The minimum absolute atomic E-state index is 0.282. The number of allylic oxidation sites excluding steroid dienone is 3. The van der Waals surface area contributed by atoms with Crippen LogP contribution in [0, 0.1) is 40.9 Å². The zero-order valence-electron chi connectivity index (χ0n) is 17.8. The Balaban J connectivity index is 0.000000948. The molecule has 1 aliphatic heterocycles. The van der Waals surface area contributed by atoms with Crippen molar-refractivity contribution in [1.82, 2.24) is 0 Å². The van der Waals surface area contributed by atoms with Crippen LogP contribution >= 0.6 is 0 Å².